The molecule has 0 unspecified atom stereocenters. The molecule has 1 heterocycles. The Morgan fingerprint density at radius 1 is 1.05 bits per heavy atom. The van der Waals surface area contributed by atoms with Crippen molar-refractivity contribution in [3.05, 3.63) is 38.8 Å². The lowest BCUT2D eigenvalue weighted by Gasteiger charge is -1.93. The molecule has 0 fully saturated rings. The molecule has 1 aromatic heterocycles. The molecule has 5 nitrogen and oxygen atoms in total. The molecule has 92 valence electrons. The number of aromatic nitrogens is 3. The lowest BCUT2D eigenvalue weighted by Crippen LogP contribution is -1.71. The standard InChI is InChI=1S/C13H7IN4O/c14-6-1-2-7-8-4-11-12(16-18-15-11)5-10(8)13(17-19)9(7)3-6/h1-5,16,18H. The van der Waals surface area contributed by atoms with Gasteiger partial charge in [-0.2, -0.15) is 5.10 Å². The van der Waals surface area contributed by atoms with Crippen LogP contribution < -0.4 is 0 Å². The van der Waals surface area contributed by atoms with Crippen molar-refractivity contribution in [3.8, 4) is 0 Å². The minimum Gasteiger partial charge on any atom is -0.283 e. The number of benzene rings is 2. The van der Waals surface area contributed by atoms with Crippen molar-refractivity contribution in [1.29, 1.82) is 0 Å². The number of hydrogen-bond acceptors (Lipinski definition) is 3. The fourth-order valence-electron chi connectivity index (χ4n) is 2.54. The van der Waals surface area contributed by atoms with Crippen LogP contribution in [0.1, 0.15) is 0 Å². The Morgan fingerprint density at radius 3 is 2.74 bits per heavy atom. The summed E-state index contributed by atoms with van der Waals surface area (Å²) >= 11 is 2.23. The topological polar surface area (TPSA) is 73.9 Å². The molecule has 0 radical (unpaired) electrons. The maximum atomic E-state index is 11.2. The van der Waals surface area contributed by atoms with E-state index < -0.39 is 0 Å². The van der Waals surface area contributed by atoms with Gasteiger partial charge < -0.3 is 0 Å². The summed E-state index contributed by atoms with van der Waals surface area (Å²) in [5.74, 6) is 0. The molecular formula is C13H7IN4O. The van der Waals surface area contributed by atoms with Crippen LogP contribution in [0.2, 0.25) is 0 Å². The van der Waals surface area contributed by atoms with E-state index in [1.807, 2.05) is 30.3 Å². The summed E-state index contributed by atoms with van der Waals surface area (Å²) in [7, 11) is 0. The van der Waals surface area contributed by atoms with E-state index in [4.69, 9.17) is 0 Å². The van der Waals surface area contributed by atoms with Gasteiger partial charge in [0, 0.05) is 14.3 Å². The van der Waals surface area contributed by atoms with E-state index in [0.717, 1.165) is 36.1 Å². The summed E-state index contributed by atoms with van der Waals surface area (Å²) in [6, 6.07) is 9.92. The van der Waals surface area contributed by atoms with E-state index in [2.05, 4.69) is 43.2 Å². The number of nitroso groups, excluding NO2 is 1. The molecule has 0 aliphatic heterocycles. The molecule has 0 bridgehead atoms. The molecule has 0 atom stereocenters. The molecule has 0 saturated heterocycles. The lowest BCUT2D eigenvalue weighted by atomic mass is 10.1. The Hall–Kier alpha value is -1.96. The zero-order valence-corrected chi connectivity index (χ0v) is 11.7. The average Bonchev–Trinajstić information content (AvgIpc) is 2.96. The largest absolute Gasteiger partial charge is 0.283 e. The monoisotopic (exact) mass is 362 g/mol. The quantitative estimate of drug-likeness (QED) is 0.393. The van der Waals surface area contributed by atoms with Crippen LogP contribution in [0.15, 0.2) is 35.5 Å². The first-order chi connectivity index (χ1) is 9.28. The van der Waals surface area contributed by atoms with Crippen LogP contribution in [0.3, 0.4) is 0 Å². The number of hydrogen-bond donors (Lipinski definition) is 2. The number of nitrogens with one attached hydrogen (secondary N) is 2. The minimum atomic E-state index is 0.500. The van der Waals surface area contributed by atoms with Gasteiger partial charge in [0.2, 0.25) is 0 Å². The van der Waals surface area contributed by atoms with Gasteiger partial charge in [0.25, 0.3) is 0 Å². The lowest BCUT2D eigenvalue weighted by molar-refractivity contribution is 0.959. The Bertz CT molecular complexity index is 953. The smallest absolute Gasteiger partial charge is 0.123 e. The van der Waals surface area contributed by atoms with Gasteiger partial charge in [-0.1, -0.05) is 6.07 Å². The van der Waals surface area contributed by atoms with Gasteiger partial charge >= 0.3 is 0 Å². The number of fused-ring (bicyclic) bond motifs is 4. The summed E-state index contributed by atoms with van der Waals surface area (Å²) in [6.07, 6.45) is 0. The molecule has 0 aliphatic rings. The van der Waals surface area contributed by atoms with Crippen LogP contribution in [0.25, 0.3) is 32.6 Å². The summed E-state index contributed by atoms with van der Waals surface area (Å²) in [5, 5.41) is 16.8. The van der Waals surface area contributed by atoms with Crippen LogP contribution in [0, 0.1) is 8.48 Å². The second-order valence-corrected chi connectivity index (χ2v) is 5.64. The molecule has 4 aromatic rings. The Labute approximate surface area is 120 Å². The zero-order chi connectivity index (χ0) is 13.0. The molecule has 6 heteroatoms. The Morgan fingerprint density at radius 2 is 1.89 bits per heavy atom. The SMILES string of the molecule is O=Nc1c2cc(I)ccc2c2cc3n[nH][nH]c3cc12. The van der Waals surface area contributed by atoms with Gasteiger partial charge in [-0.15, -0.1) is 4.91 Å². The maximum absolute atomic E-state index is 11.2. The van der Waals surface area contributed by atoms with Crippen molar-refractivity contribution >= 4 is 60.9 Å². The van der Waals surface area contributed by atoms with Crippen molar-refractivity contribution in [3.63, 3.8) is 0 Å². The molecule has 2 N–H and O–H groups in total. The highest BCUT2D eigenvalue weighted by atomic mass is 127. The normalized spacial score (nSPS) is 11.6. The van der Waals surface area contributed by atoms with Crippen molar-refractivity contribution in [2.24, 2.45) is 5.18 Å². The van der Waals surface area contributed by atoms with Crippen molar-refractivity contribution in [2.45, 2.75) is 0 Å². The second-order valence-electron chi connectivity index (χ2n) is 4.39. The van der Waals surface area contributed by atoms with E-state index in [-0.39, 0.29) is 0 Å². The second kappa shape index (κ2) is 3.77. The van der Waals surface area contributed by atoms with E-state index in [1.54, 1.807) is 0 Å². The van der Waals surface area contributed by atoms with E-state index >= 15 is 0 Å². The fourth-order valence-corrected chi connectivity index (χ4v) is 3.03. The molecule has 0 spiro atoms. The molecule has 4 rings (SSSR count). The van der Waals surface area contributed by atoms with E-state index in [9.17, 15) is 4.91 Å². The third kappa shape index (κ3) is 1.43. The molecule has 0 amide bonds. The third-order valence-corrected chi connectivity index (χ3v) is 4.05. The van der Waals surface area contributed by atoms with Crippen LogP contribution in [-0.2, 0) is 0 Å². The zero-order valence-electron chi connectivity index (χ0n) is 9.57. The van der Waals surface area contributed by atoms with Crippen molar-refractivity contribution in [2.75, 3.05) is 0 Å². The summed E-state index contributed by atoms with van der Waals surface area (Å²) < 4.78 is 1.09. The van der Waals surface area contributed by atoms with Gasteiger partial charge in [-0.25, -0.2) is 5.21 Å². The molecule has 19 heavy (non-hydrogen) atoms. The molecule has 0 aliphatic carbocycles. The van der Waals surface area contributed by atoms with E-state index in [1.165, 1.54) is 0 Å². The van der Waals surface area contributed by atoms with Gasteiger partial charge in [0.15, 0.2) is 0 Å². The van der Waals surface area contributed by atoms with Gasteiger partial charge in [-0.05, 0) is 62.8 Å². The average molecular weight is 362 g/mol. The van der Waals surface area contributed by atoms with Crippen molar-refractivity contribution in [1.82, 2.24) is 15.4 Å². The fraction of sp³-hybridized carbons (Fsp3) is 0. The summed E-state index contributed by atoms with van der Waals surface area (Å²) in [6.45, 7) is 0. The predicted molar refractivity (Wildman–Crippen MR) is 83.6 cm³/mol. The first-order valence-electron chi connectivity index (χ1n) is 5.69. The molecule has 3 aromatic carbocycles. The summed E-state index contributed by atoms with van der Waals surface area (Å²) in [5.41, 5.74) is 2.21. The number of aromatic amines is 2. The minimum absolute atomic E-state index is 0.500. The number of H-pyrrole nitrogens is 2. The molecular weight excluding hydrogens is 355 g/mol. The number of halogens is 1. The van der Waals surface area contributed by atoms with Gasteiger partial charge in [0.1, 0.15) is 11.2 Å². The Balaban J connectivity index is 2.32. The first kappa shape index (κ1) is 10.9. The van der Waals surface area contributed by atoms with Crippen molar-refractivity contribution < 1.29 is 0 Å². The predicted octanol–water partition coefficient (Wildman–Crippen LogP) is 4.20. The highest BCUT2D eigenvalue weighted by Gasteiger charge is 2.14. The van der Waals surface area contributed by atoms with Crippen LogP contribution in [0.4, 0.5) is 5.69 Å². The van der Waals surface area contributed by atoms with Gasteiger partial charge in [0.05, 0.1) is 5.52 Å². The maximum Gasteiger partial charge on any atom is 0.123 e. The van der Waals surface area contributed by atoms with Crippen LogP contribution in [-0.4, -0.2) is 15.4 Å². The molecule has 0 saturated carbocycles. The van der Waals surface area contributed by atoms with Crippen LogP contribution in [0.5, 0.6) is 0 Å². The first-order valence-corrected chi connectivity index (χ1v) is 6.76. The van der Waals surface area contributed by atoms with Gasteiger partial charge in [-0.3, -0.25) is 5.10 Å². The highest BCUT2D eigenvalue weighted by Crippen LogP contribution is 2.41. The van der Waals surface area contributed by atoms with Crippen LogP contribution >= 0.6 is 22.6 Å². The number of nitrogens with zero attached hydrogens (tertiary/aromatic N) is 2. The Kier molecular flexibility index (Phi) is 2.16. The number of rotatable bonds is 1. The summed E-state index contributed by atoms with van der Waals surface area (Å²) in [4.78, 5) is 11.2. The highest BCUT2D eigenvalue weighted by molar-refractivity contribution is 14.1. The third-order valence-electron chi connectivity index (χ3n) is 3.38. The van der Waals surface area contributed by atoms with E-state index in [0.29, 0.717) is 5.69 Å².